The summed E-state index contributed by atoms with van der Waals surface area (Å²) >= 11 is 19.2. The molecule has 6 saturated heterocycles. The number of hydrogen-bond acceptors (Lipinski definition) is 25. The van der Waals surface area contributed by atoms with E-state index < -0.39 is 0 Å². The first kappa shape index (κ1) is 98.1. The van der Waals surface area contributed by atoms with Crippen molar-refractivity contribution in [3.63, 3.8) is 0 Å². The molecule has 20 aromatic heterocycles. The molecule has 0 amide bonds. The van der Waals surface area contributed by atoms with Crippen LogP contribution < -0.4 is 43.3 Å². The van der Waals surface area contributed by atoms with Crippen molar-refractivity contribution in [2.24, 2.45) is 5.92 Å². The van der Waals surface area contributed by atoms with Crippen LogP contribution in [0.1, 0.15) is 164 Å². The molecule has 756 valence electrons. The number of imidazole rings is 3. The summed E-state index contributed by atoms with van der Waals surface area (Å²) in [5.74, 6) is 3.35. The number of fused-ring (bicyclic) bond motifs is 11. The number of piperidine rings is 5. The van der Waals surface area contributed by atoms with Gasteiger partial charge in [-0.05, 0) is 305 Å². The van der Waals surface area contributed by atoms with Gasteiger partial charge in [0.15, 0.2) is 28.2 Å². The van der Waals surface area contributed by atoms with Crippen LogP contribution in [0.4, 0.5) is 5.82 Å². The zero-order valence-electron chi connectivity index (χ0n) is 84.3. The van der Waals surface area contributed by atoms with Crippen LogP contribution in [0, 0.1) is 54.4 Å². The molecule has 0 saturated carbocycles. The van der Waals surface area contributed by atoms with Gasteiger partial charge in [0, 0.05) is 128 Å². The summed E-state index contributed by atoms with van der Waals surface area (Å²) in [5, 5.41) is 27.0. The number of anilines is 1. The molecule has 2 atom stereocenters. The molecular weight excluding hydrogens is 1930 g/mol. The zero-order chi connectivity index (χ0) is 102. The normalized spacial score (nSPS) is 17.0. The molecule has 148 heavy (non-hydrogen) atoms. The average molecular weight is 2040 g/mol. The molecule has 0 radical (unpaired) electrons. The first-order chi connectivity index (χ1) is 71.6. The zero-order valence-corrected chi connectivity index (χ0v) is 86.6. The molecule has 0 aliphatic carbocycles. The number of aromatic nitrogens is 24. The Morgan fingerprint density at radius 1 is 0.338 bits per heavy atom. The van der Waals surface area contributed by atoms with Gasteiger partial charge in [-0.1, -0.05) is 66.8 Å². The van der Waals surface area contributed by atoms with Crippen molar-refractivity contribution < 1.29 is 0 Å². The van der Waals surface area contributed by atoms with Crippen LogP contribution in [0.15, 0.2) is 213 Å². The minimum Gasteiger partial charge on any atom is -0.355 e. The second-order valence-corrected chi connectivity index (χ2v) is 41.3. The van der Waals surface area contributed by atoms with Gasteiger partial charge in [0.1, 0.15) is 34.1 Å². The molecule has 38 heteroatoms. The molecule has 2 unspecified atom stereocenters. The summed E-state index contributed by atoms with van der Waals surface area (Å²) in [5.41, 5.74) is 23.7. The summed E-state index contributed by atoms with van der Waals surface area (Å²) in [6.07, 6.45) is 32.2. The third kappa shape index (κ3) is 20.4. The third-order valence-corrected chi connectivity index (χ3v) is 30.7. The highest BCUT2D eigenvalue weighted by Crippen LogP contribution is 2.37. The monoisotopic (exact) mass is 2040 g/mol. The number of pyridine rings is 6. The van der Waals surface area contributed by atoms with E-state index in [9.17, 15) is 24.0 Å². The van der Waals surface area contributed by atoms with Crippen LogP contribution in [0.5, 0.6) is 0 Å². The predicted octanol–water partition coefficient (Wildman–Crippen LogP) is 15.6. The summed E-state index contributed by atoms with van der Waals surface area (Å²) in [6.45, 7) is 31.7. The van der Waals surface area contributed by atoms with Crippen molar-refractivity contribution in [2.45, 2.75) is 156 Å². The molecule has 6 fully saturated rings. The molecule has 26 rings (SSSR count). The summed E-state index contributed by atoms with van der Waals surface area (Å²) in [4.78, 5) is 120. The van der Waals surface area contributed by atoms with Crippen LogP contribution in [-0.2, 0) is 0 Å². The fourth-order valence-corrected chi connectivity index (χ4v) is 22.6. The Balaban J connectivity index is 0.000000105. The average Bonchev–Trinajstić information content (AvgIpc) is 1.50. The van der Waals surface area contributed by atoms with Crippen LogP contribution in [0.2, 0.25) is 15.1 Å². The second kappa shape index (κ2) is 41.3. The van der Waals surface area contributed by atoms with E-state index in [1.807, 2.05) is 203 Å². The maximum atomic E-state index is 12.9. The number of likely N-dealkylation sites (tertiary alicyclic amines) is 3. The highest BCUT2D eigenvalue weighted by atomic mass is 35.5. The van der Waals surface area contributed by atoms with E-state index in [1.54, 1.807) is 40.4 Å². The van der Waals surface area contributed by atoms with Gasteiger partial charge in [-0.15, -0.1) is 5.10 Å². The van der Waals surface area contributed by atoms with Gasteiger partial charge in [-0.3, -0.25) is 47.1 Å². The first-order valence-corrected chi connectivity index (χ1v) is 52.2. The lowest BCUT2D eigenvalue weighted by atomic mass is 9.90. The lowest BCUT2D eigenvalue weighted by Gasteiger charge is -2.35. The standard InChI is InChI=1S/C23H24ClN5O.C22H22ClN5O.C22H24N8O.C22H25N7O.C21H20ClN5O/c1-3-27-8-6-16(7-9-27)17-4-5-21-26-20(11-22(30)29(21)14-17)18-10-19(24)23-25-15(2)12-28(23)13-18;1-14-11-27-12-17(9-18(23)22(27)24-14)19-10-21(29)28-13-16(3-4-20(28)25-19)15-5-7-26(2)8-6-15;1-13-11-29-19(14(2)24-13)9-18(26-29)17-10-22(31)30-20(25-17)3-4-21(27-30)28-8-6-16-15(12-28)5-7-23-16;1-4-27-9-7-16(8-10-27)17-5-6-21-24-18(12-22(30)29(21)26-17)19-11-20-15(3)23-14(2)13-28(20)25-19;1-13-10-26-11-16(8-17(22)21(26)24-13)18-9-20(28)27-12-15(2-3-19(27)25-18)14-4-6-23-7-5-14/h4-5,10-14,16H,3,6-9H2,1-2H3;3-4,9-13,15H,5-8H2,1-2H3;3-4,9-11,15-16,23H,5-8,12H2,1-2H3;5-6,11-13,16H,4,7-10H2,1-3H3;2-3,8-12,14,23H,4-7H2,1H3. The molecule has 6 aliphatic rings. The Morgan fingerprint density at radius 3 is 1.16 bits per heavy atom. The minimum atomic E-state index is -0.206. The van der Waals surface area contributed by atoms with E-state index >= 15 is 0 Å². The molecule has 2 N–H and O–H groups in total. The summed E-state index contributed by atoms with van der Waals surface area (Å²) in [7, 11) is 2.15. The van der Waals surface area contributed by atoms with E-state index in [2.05, 4.69) is 125 Å². The van der Waals surface area contributed by atoms with E-state index in [-0.39, 0.29) is 27.8 Å². The van der Waals surface area contributed by atoms with Crippen molar-refractivity contribution >= 4 is 96.8 Å². The first-order valence-electron chi connectivity index (χ1n) is 51.0. The van der Waals surface area contributed by atoms with Gasteiger partial charge in [0.25, 0.3) is 27.8 Å². The summed E-state index contributed by atoms with van der Waals surface area (Å²) < 4.78 is 17.0. The number of aryl methyl sites for hydroxylation is 7. The predicted molar refractivity (Wildman–Crippen MR) is 577 cm³/mol. The molecule has 6 aliphatic heterocycles. The molecule has 20 aromatic rings. The third-order valence-electron chi connectivity index (χ3n) is 29.8. The Kier molecular flexibility index (Phi) is 27.4. The van der Waals surface area contributed by atoms with Crippen molar-refractivity contribution in [3.8, 4) is 56.5 Å². The smallest absolute Gasteiger partial charge is 0.275 e. The molecule has 26 heterocycles. The Labute approximate surface area is 865 Å². The molecule has 0 spiro atoms. The molecule has 0 bridgehead atoms. The number of nitrogens with zero attached hydrogens (tertiary/aromatic N) is 28. The van der Waals surface area contributed by atoms with E-state index in [0.717, 1.165) is 222 Å². The Bertz CT molecular complexity index is 8870. The number of hydrogen-bond donors (Lipinski definition) is 2. The number of rotatable bonds is 12. The number of halogens is 3. The second-order valence-electron chi connectivity index (χ2n) is 40.0. The molecule has 35 nitrogen and oxygen atoms in total. The van der Waals surface area contributed by atoms with Crippen LogP contribution in [0.3, 0.4) is 0 Å². The van der Waals surface area contributed by atoms with Crippen LogP contribution in [-0.4, -0.2) is 228 Å². The quantitative estimate of drug-likeness (QED) is 0.115. The summed E-state index contributed by atoms with van der Waals surface area (Å²) in [6, 6.07) is 37.6. The largest absolute Gasteiger partial charge is 0.355 e. The van der Waals surface area contributed by atoms with Crippen LogP contribution in [0.25, 0.3) is 113 Å². The van der Waals surface area contributed by atoms with E-state index in [0.29, 0.717) is 136 Å². The fourth-order valence-electron chi connectivity index (χ4n) is 21.8. The maximum Gasteiger partial charge on any atom is 0.275 e. The van der Waals surface area contributed by atoms with Gasteiger partial charge in [-0.25, -0.2) is 48.9 Å². The SMILES string of the molecule is CCN1CCC(c2ccc3nc(-c4cc(Cl)c5nc(C)cn5c4)cc(=O)n3c2)CC1.CCN1CCC(c2ccc3nc(-c4cc5c(C)nc(C)cn5n4)cc(=O)n3n2)CC1.Cc1cn2cc(-c3cc(=O)n4cc(C5CCN(C)CC5)ccc4n3)cc(Cl)c2n1.Cc1cn2cc(-c3cc(=O)n4cc(C5CCNCC5)ccc4n3)cc(Cl)c2n1.Cc1cn2nc(-c3cc(=O)n4nc(N5CCC6NCCC6C5)ccc4n3)cc2c(C)n1. The van der Waals surface area contributed by atoms with Crippen molar-refractivity contribution in [1.82, 2.24) is 140 Å². The number of nitrogens with one attached hydrogen (secondary N) is 2. The maximum absolute atomic E-state index is 12.9. The lowest BCUT2D eigenvalue weighted by molar-refractivity contribution is 0.220. The van der Waals surface area contributed by atoms with Crippen molar-refractivity contribution in [1.29, 1.82) is 0 Å². The van der Waals surface area contributed by atoms with Gasteiger partial charge in [0.2, 0.25) is 0 Å². The lowest BCUT2D eigenvalue weighted by Crippen LogP contribution is -2.45. The Morgan fingerprint density at radius 2 is 0.723 bits per heavy atom. The van der Waals surface area contributed by atoms with Gasteiger partial charge in [-0.2, -0.15) is 24.3 Å². The topological polar surface area (TPSA) is 347 Å². The Hall–Kier alpha value is -14.6. The minimum absolute atomic E-state index is 0.0825. The van der Waals surface area contributed by atoms with E-state index in [1.165, 1.54) is 44.3 Å². The van der Waals surface area contributed by atoms with Crippen molar-refractivity contribution in [2.75, 3.05) is 97.0 Å². The van der Waals surface area contributed by atoms with Gasteiger partial charge >= 0.3 is 0 Å². The highest BCUT2D eigenvalue weighted by Gasteiger charge is 2.34. The van der Waals surface area contributed by atoms with Crippen LogP contribution >= 0.6 is 34.8 Å². The molecular formula is C110H115Cl3N30O5. The van der Waals surface area contributed by atoms with E-state index in [4.69, 9.17) is 49.8 Å². The molecule has 0 aromatic carbocycles. The van der Waals surface area contributed by atoms with Crippen molar-refractivity contribution in [3.05, 3.63) is 319 Å². The highest BCUT2D eigenvalue weighted by molar-refractivity contribution is 6.34. The fraction of sp³-hybridized carbons (Fsp3) is 0.355. The van der Waals surface area contributed by atoms with Gasteiger partial charge in [0.05, 0.1) is 113 Å². The van der Waals surface area contributed by atoms with Gasteiger partial charge < -0.3 is 43.4 Å².